The summed E-state index contributed by atoms with van der Waals surface area (Å²) in [7, 11) is 3.11. The molecular formula is C16H26O5. The van der Waals surface area contributed by atoms with E-state index in [1.165, 1.54) is 0 Å². The highest BCUT2D eigenvalue weighted by atomic mass is 16.8. The van der Waals surface area contributed by atoms with Gasteiger partial charge >= 0.3 is 0 Å². The Labute approximate surface area is 126 Å². The third-order valence-corrected chi connectivity index (χ3v) is 2.70. The van der Waals surface area contributed by atoms with Gasteiger partial charge in [0.15, 0.2) is 12.6 Å². The van der Waals surface area contributed by atoms with Crippen LogP contribution in [-0.2, 0) is 23.8 Å². The molecule has 0 aliphatic carbocycles. The normalized spacial score (nSPS) is 14.6. The predicted octanol–water partition coefficient (Wildman–Crippen LogP) is 2.80. The van der Waals surface area contributed by atoms with Crippen LogP contribution in [0.4, 0.5) is 0 Å². The number of carbonyl (C=O) groups is 2. The molecule has 5 heteroatoms. The molecule has 0 bridgehead atoms. The fourth-order valence-electron chi connectivity index (χ4n) is 1.54. The molecule has 5 nitrogen and oxygen atoms in total. The average molecular weight is 298 g/mol. The van der Waals surface area contributed by atoms with Gasteiger partial charge in [0.05, 0.1) is 0 Å². The Morgan fingerprint density at radius 2 is 1.19 bits per heavy atom. The van der Waals surface area contributed by atoms with Crippen molar-refractivity contribution in [1.82, 2.24) is 0 Å². The van der Waals surface area contributed by atoms with Gasteiger partial charge in [0.1, 0.15) is 12.6 Å². The molecule has 0 rings (SSSR count). The van der Waals surface area contributed by atoms with Crippen LogP contribution in [0.2, 0.25) is 0 Å². The second kappa shape index (κ2) is 15.1. The Morgan fingerprint density at radius 3 is 1.52 bits per heavy atom. The van der Waals surface area contributed by atoms with Crippen LogP contribution in [0.1, 0.15) is 38.5 Å². The summed E-state index contributed by atoms with van der Waals surface area (Å²) in [5.41, 5.74) is 0. The lowest BCUT2D eigenvalue weighted by molar-refractivity contribution is -0.188. The van der Waals surface area contributed by atoms with Gasteiger partial charge in [-0.3, -0.25) is 0 Å². The van der Waals surface area contributed by atoms with Crippen molar-refractivity contribution in [2.75, 3.05) is 14.2 Å². The van der Waals surface area contributed by atoms with E-state index in [2.05, 4.69) is 0 Å². The largest absolute Gasteiger partial charge is 0.352 e. The first kappa shape index (κ1) is 19.7. The van der Waals surface area contributed by atoms with E-state index >= 15 is 0 Å². The summed E-state index contributed by atoms with van der Waals surface area (Å²) in [5.74, 6) is 0. The molecule has 120 valence electrons. The molecule has 0 saturated heterocycles. The molecule has 0 aliphatic rings. The van der Waals surface area contributed by atoms with Crippen molar-refractivity contribution >= 4 is 12.6 Å². The fraction of sp³-hybridized carbons (Fsp3) is 0.625. The van der Waals surface area contributed by atoms with Gasteiger partial charge in [0.2, 0.25) is 0 Å². The first-order chi connectivity index (χ1) is 10.3. The van der Waals surface area contributed by atoms with Gasteiger partial charge < -0.3 is 23.8 Å². The summed E-state index contributed by atoms with van der Waals surface area (Å²) >= 11 is 0. The van der Waals surface area contributed by atoms with E-state index in [4.69, 9.17) is 14.2 Å². The number of ether oxygens (including phenoxy) is 3. The summed E-state index contributed by atoms with van der Waals surface area (Å²) in [6.07, 6.45) is 12.7. The van der Waals surface area contributed by atoms with Crippen molar-refractivity contribution in [1.29, 1.82) is 0 Å². The summed E-state index contributed by atoms with van der Waals surface area (Å²) < 4.78 is 16.0. The smallest absolute Gasteiger partial charge is 0.179 e. The maximum atomic E-state index is 10.2. The molecule has 0 aromatic carbocycles. The van der Waals surface area contributed by atoms with Crippen LogP contribution >= 0.6 is 0 Å². The van der Waals surface area contributed by atoms with Crippen molar-refractivity contribution < 1.29 is 23.8 Å². The van der Waals surface area contributed by atoms with Crippen molar-refractivity contribution in [3.8, 4) is 0 Å². The topological polar surface area (TPSA) is 61.8 Å². The lowest BCUT2D eigenvalue weighted by Crippen LogP contribution is -2.22. The summed E-state index contributed by atoms with van der Waals surface area (Å²) in [5, 5.41) is 0. The van der Waals surface area contributed by atoms with Gasteiger partial charge in [0.25, 0.3) is 0 Å². The Kier molecular flexibility index (Phi) is 14.2. The molecule has 2 atom stereocenters. The second-order valence-electron chi connectivity index (χ2n) is 4.40. The van der Waals surface area contributed by atoms with Gasteiger partial charge in [-0.15, -0.1) is 0 Å². The highest BCUT2D eigenvalue weighted by molar-refractivity contribution is 5.49. The molecule has 0 aromatic rings. The maximum Gasteiger partial charge on any atom is 0.179 e. The van der Waals surface area contributed by atoms with Gasteiger partial charge in [-0.2, -0.15) is 0 Å². The number of carbonyl (C=O) groups excluding carboxylic acids is 2. The minimum absolute atomic E-state index is 0.495. The molecule has 0 aliphatic heterocycles. The molecular weight excluding hydrogens is 272 g/mol. The lowest BCUT2D eigenvalue weighted by Gasteiger charge is -2.18. The molecule has 2 unspecified atom stereocenters. The van der Waals surface area contributed by atoms with E-state index in [0.29, 0.717) is 12.8 Å². The minimum atomic E-state index is -0.495. The van der Waals surface area contributed by atoms with Gasteiger partial charge in [0, 0.05) is 27.1 Å². The number of aldehydes is 2. The molecule has 0 radical (unpaired) electrons. The first-order valence-corrected chi connectivity index (χ1v) is 7.20. The van der Waals surface area contributed by atoms with Crippen molar-refractivity contribution in [3.05, 3.63) is 24.3 Å². The van der Waals surface area contributed by atoms with Crippen LogP contribution in [0.5, 0.6) is 0 Å². The molecule has 0 saturated carbocycles. The van der Waals surface area contributed by atoms with Gasteiger partial charge in [-0.25, -0.2) is 0 Å². The van der Waals surface area contributed by atoms with Crippen LogP contribution in [0.15, 0.2) is 24.3 Å². The van der Waals surface area contributed by atoms with Gasteiger partial charge in [-0.1, -0.05) is 12.2 Å². The van der Waals surface area contributed by atoms with E-state index in [1.807, 2.05) is 12.2 Å². The van der Waals surface area contributed by atoms with Crippen LogP contribution in [0, 0.1) is 0 Å². The molecule has 0 spiro atoms. The van der Waals surface area contributed by atoms with E-state index in [-0.39, 0.29) is 0 Å². The predicted molar refractivity (Wildman–Crippen MR) is 80.8 cm³/mol. The Bertz CT molecular complexity index is 282. The number of hydrogen-bond donors (Lipinski definition) is 0. The summed E-state index contributed by atoms with van der Waals surface area (Å²) in [6.45, 7) is 0. The number of methoxy groups -OCH3 is 2. The number of unbranched alkanes of at least 4 members (excludes halogenated alkanes) is 4. The number of allylic oxidation sites excluding steroid dienone is 2. The van der Waals surface area contributed by atoms with Crippen LogP contribution in [0.3, 0.4) is 0 Å². The highest BCUT2D eigenvalue weighted by Gasteiger charge is 2.09. The van der Waals surface area contributed by atoms with E-state index in [0.717, 1.165) is 38.3 Å². The standard InChI is InChI=1S/C16H26O5/c1-19-15(11-7-3-5-9-13-17)21-16(20-2)12-8-4-6-10-14-18/h7-8,11-16H,3-6,9-10H2,1-2H3. The quantitative estimate of drug-likeness (QED) is 0.213. The Balaban J connectivity index is 4.09. The Morgan fingerprint density at radius 1 is 0.762 bits per heavy atom. The van der Waals surface area contributed by atoms with Crippen molar-refractivity contribution in [2.24, 2.45) is 0 Å². The Hall–Kier alpha value is -1.30. The zero-order chi connectivity index (χ0) is 15.8. The number of rotatable bonds is 14. The zero-order valence-corrected chi connectivity index (χ0v) is 12.9. The monoisotopic (exact) mass is 298 g/mol. The van der Waals surface area contributed by atoms with Crippen LogP contribution in [-0.4, -0.2) is 39.4 Å². The summed E-state index contributed by atoms with van der Waals surface area (Å²) in [4.78, 5) is 20.4. The van der Waals surface area contributed by atoms with E-state index in [1.54, 1.807) is 26.4 Å². The first-order valence-electron chi connectivity index (χ1n) is 7.20. The van der Waals surface area contributed by atoms with Gasteiger partial charge in [-0.05, 0) is 37.8 Å². The third-order valence-electron chi connectivity index (χ3n) is 2.70. The second-order valence-corrected chi connectivity index (χ2v) is 4.40. The van der Waals surface area contributed by atoms with Crippen molar-refractivity contribution in [3.63, 3.8) is 0 Å². The average Bonchev–Trinajstić information content (AvgIpc) is 2.51. The molecule has 0 N–H and O–H groups in total. The number of hydrogen-bond acceptors (Lipinski definition) is 5. The van der Waals surface area contributed by atoms with Crippen LogP contribution < -0.4 is 0 Å². The molecule has 0 heterocycles. The molecule has 0 fully saturated rings. The molecule has 21 heavy (non-hydrogen) atoms. The fourth-order valence-corrected chi connectivity index (χ4v) is 1.54. The lowest BCUT2D eigenvalue weighted by atomic mass is 10.2. The third kappa shape index (κ3) is 12.2. The SMILES string of the molecule is COC(C=CCCCC=O)OC(C=CCCCC=O)OC. The van der Waals surface area contributed by atoms with E-state index < -0.39 is 12.6 Å². The van der Waals surface area contributed by atoms with E-state index in [9.17, 15) is 9.59 Å². The van der Waals surface area contributed by atoms with Crippen molar-refractivity contribution in [2.45, 2.75) is 51.1 Å². The molecule has 0 aromatic heterocycles. The highest BCUT2D eigenvalue weighted by Crippen LogP contribution is 2.07. The minimum Gasteiger partial charge on any atom is -0.352 e. The maximum absolute atomic E-state index is 10.2. The van der Waals surface area contributed by atoms with Crippen LogP contribution in [0.25, 0.3) is 0 Å². The zero-order valence-electron chi connectivity index (χ0n) is 12.9. The molecule has 0 amide bonds. The summed E-state index contributed by atoms with van der Waals surface area (Å²) in [6, 6.07) is 0.